The van der Waals surface area contributed by atoms with Crippen molar-refractivity contribution >= 4 is 60.1 Å². The van der Waals surface area contributed by atoms with Gasteiger partial charge in [-0.1, -0.05) is 35.1 Å². The van der Waals surface area contributed by atoms with Crippen LogP contribution in [0.2, 0.25) is 5.02 Å². The Balaban J connectivity index is 1.68. The molecule has 0 aliphatic rings. The molecule has 0 fully saturated rings. The third kappa shape index (κ3) is 5.99. The number of fused-ring (bicyclic) bond motifs is 1. The minimum absolute atomic E-state index is 0.0317. The summed E-state index contributed by atoms with van der Waals surface area (Å²) in [5.41, 5.74) is 0.648. The van der Waals surface area contributed by atoms with Gasteiger partial charge in [0, 0.05) is 0 Å². The molecule has 0 spiro atoms. The number of ether oxygens (including phenoxy) is 1. The normalized spacial score (nSPS) is 11.4. The van der Waals surface area contributed by atoms with Gasteiger partial charge in [-0.15, -0.1) is 0 Å². The first-order chi connectivity index (χ1) is 14.8. The molecule has 1 aromatic heterocycles. The number of imide groups is 1. The molecule has 3 amide bonds. The summed E-state index contributed by atoms with van der Waals surface area (Å²) in [5.74, 6) is -0.893. The number of nitrogens with zero attached hydrogens (tertiary/aromatic N) is 1. The molecule has 0 aliphatic carbocycles. The number of aliphatic hydroxyl groups excluding tert-OH is 1. The molecular weight excluding hydrogens is 466 g/mol. The lowest BCUT2D eigenvalue weighted by atomic mass is 10.2. The Morgan fingerprint density at radius 1 is 1.16 bits per heavy atom. The number of amides is 3. The zero-order chi connectivity index (χ0) is 22.4. The molecule has 9 nitrogen and oxygen atoms in total. The number of aliphatic hydroxyl groups is 1. The van der Waals surface area contributed by atoms with E-state index in [0.29, 0.717) is 10.2 Å². The number of anilines is 1. The van der Waals surface area contributed by atoms with E-state index in [0.717, 1.165) is 11.3 Å². The molecular formula is C19H18ClN3O6S2. The van der Waals surface area contributed by atoms with E-state index in [4.69, 9.17) is 21.4 Å². The van der Waals surface area contributed by atoms with Crippen LogP contribution in [0.25, 0.3) is 10.2 Å². The van der Waals surface area contributed by atoms with Gasteiger partial charge in [-0.2, -0.15) is 0 Å². The number of urea groups is 1. The van der Waals surface area contributed by atoms with Crippen molar-refractivity contribution in [2.75, 3.05) is 30.9 Å². The van der Waals surface area contributed by atoms with Crippen LogP contribution in [-0.2, 0) is 14.6 Å². The van der Waals surface area contributed by atoms with Crippen LogP contribution in [0.15, 0.2) is 47.4 Å². The van der Waals surface area contributed by atoms with E-state index < -0.39 is 21.8 Å². The second-order valence-corrected chi connectivity index (χ2v) is 9.74. The Morgan fingerprint density at radius 2 is 1.94 bits per heavy atom. The quantitative estimate of drug-likeness (QED) is 0.419. The zero-order valence-electron chi connectivity index (χ0n) is 16.0. The first-order valence-electron chi connectivity index (χ1n) is 8.99. The fraction of sp³-hybridized carbons (Fsp3) is 0.211. The van der Waals surface area contributed by atoms with Crippen LogP contribution in [0.4, 0.5) is 9.93 Å². The standard InChI is InChI=1S/C19H18ClN3O6S2/c20-14-4-2-1-3-13(14)17(25)22-18(26)23-19-21-15-6-5-12(11-16(15)30-19)31(27,28)10-9-29-8-7-24/h1-6,11,24H,7-10H2,(H2,21,22,23,25,26). The number of benzene rings is 2. The van der Waals surface area contributed by atoms with Crippen LogP contribution in [0, 0.1) is 0 Å². The van der Waals surface area contributed by atoms with Gasteiger partial charge < -0.3 is 9.84 Å². The van der Waals surface area contributed by atoms with E-state index in [9.17, 15) is 18.0 Å². The number of nitrogens with one attached hydrogen (secondary N) is 2. The third-order valence-corrected chi connectivity index (χ3v) is 6.96. The average molecular weight is 484 g/mol. The summed E-state index contributed by atoms with van der Waals surface area (Å²) in [7, 11) is -3.58. The van der Waals surface area contributed by atoms with E-state index in [1.165, 1.54) is 30.3 Å². The van der Waals surface area contributed by atoms with Crippen LogP contribution in [-0.4, -0.2) is 56.0 Å². The molecule has 0 aliphatic heterocycles. The maximum Gasteiger partial charge on any atom is 0.327 e. The number of hydrogen-bond donors (Lipinski definition) is 3. The van der Waals surface area contributed by atoms with Gasteiger partial charge in [0.2, 0.25) is 0 Å². The Labute approximate surface area is 186 Å². The lowest BCUT2D eigenvalue weighted by molar-refractivity contribution is 0.0967. The van der Waals surface area contributed by atoms with Crippen molar-refractivity contribution in [1.82, 2.24) is 10.3 Å². The second-order valence-electron chi connectivity index (χ2n) is 6.19. The lowest BCUT2D eigenvalue weighted by Gasteiger charge is -2.05. The molecule has 1 heterocycles. The van der Waals surface area contributed by atoms with Crippen molar-refractivity contribution in [3.8, 4) is 0 Å². The number of rotatable bonds is 8. The van der Waals surface area contributed by atoms with Crippen molar-refractivity contribution in [2.45, 2.75) is 4.90 Å². The molecule has 0 atom stereocenters. The molecule has 3 rings (SSSR count). The highest BCUT2D eigenvalue weighted by Crippen LogP contribution is 2.28. The summed E-state index contributed by atoms with van der Waals surface area (Å²) < 4.78 is 30.4. The number of halogens is 1. The molecule has 0 radical (unpaired) electrons. The summed E-state index contributed by atoms with van der Waals surface area (Å²) >= 11 is 7.01. The monoisotopic (exact) mass is 483 g/mol. The summed E-state index contributed by atoms with van der Waals surface area (Å²) in [5, 5.41) is 13.7. The number of aromatic nitrogens is 1. The summed E-state index contributed by atoms with van der Waals surface area (Å²) in [6.07, 6.45) is 0. The molecule has 0 saturated heterocycles. The first-order valence-corrected chi connectivity index (χ1v) is 11.8. The molecule has 2 aromatic carbocycles. The van der Waals surface area contributed by atoms with Gasteiger partial charge in [-0.25, -0.2) is 18.2 Å². The van der Waals surface area contributed by atoms with Gasteiger partial charge in [-0.3, -0.25) is 15.4 Å². The number of carbonyl (C=O) groups excluding carboxylic acids is 2. The highest BCUT2D eigenvalue weighted by molar-refractivity contribution is 7.91. The molecule has 3 N–H and O–H groups in total. The smallest absolute Gasteiger partial charge is 0.327 e. The van der Waals surface area contributed by atoms with Gasteiger partial charge in [0.1, 0.15) is 0 Å². The maximum absolute atomic E-state index is 12.4. The van der Waals surface area contributed by atoms with E-state index in [1.807, 2.05) is 0 Å². The number of sulfone groups is 1. The minimum Gasteiger partial charge on any atom is -0.394 e. The van der Waals surface area contributed by atoms with E-state index >= 15 is 0 Å². The average Bonchev–Trinajstić information content (AvgIpc) is 3.12. The van der Waals surface area contributed by atoms with Crippen molar-refractivity contribution in [1.29, 1.82) is 0 Å². The van der Waals surface area contributed by atoms with Gasteiger partial charge in [-0.05, 0) is 30.3 Å². The van der Waals surface area contributed by atoms with E-state index in [-0.39, 0.29) is 46.2 Å². The number of hydrogen-bond acceptors (Lipinski definition) is 8. The van der Waals surface area contributed by atoms with E-state index in [1.54, 1.807) is 12.1 Å². The molecule has 12 heteroatoms. The highest BCUT2D eigenvalue weighted by atomic mass is 35.5. The molecule has 0 saturated carbocycles. The summed E-state index contributed by atoms with van der Waals surface area (Å²) in [6, 6.07) is 9.93. The van der Waals surface area contributed by atoms with Crippen LogP contribution >= 0.6 is 22.9 Å². The Hall–Kier alpha value is -2.57. The lowest BCUT2D eigenvalue weighted by Crippen LogP contribution is -2.34. The Kier molecular flexibility index (Phi) is 7.57. The van der Waals surface area contributed by atoms with Gasteiger partial charge >= 0.3 is 6.03 Å². The van der Waals surface area contributed by atoms with Gasteiger partial charge in [0.05, 0.1) is 51.3 Å². The predicted molar refractivity (Wildman–Crippen MR) is 118 cm³/mol. The fourth-order valence-corrected chi connectivity index (χ4v) is 4.89. The number of carbonyl (C=O) groups is 2. The van der Waals surface area contributed by atoms with Crippen LogP contribution in [0.5, 0.6) is 0 Å². The maximum atomic E-state index is 12.4. The SMILES string of the molecule is O=C(NC(=O)c1ccccc1Cl)Nc1nc2ccc(S(=O)(=O)CCOCCO)cc2s1. The third-order valence-electron chi connectivity index (χ3n) is 4.02. The van der Waals surface area contributed by atoms with Crippen molar-refractivity contribution in [3.05, 3.63) is 53.1 Å². The predicted octanol–water partition coefficient (Wildman–Crippen LogP) is 2.69. The molecule has 0 bridgehead atoms. The van der Waals surface area contributed by atoms with Crippen molar-refractivity contribution in [2.24, 2.45) is 0 Å². The van der Waals surface area contributed by atoms with Crippen LogP contribution in [0.3, 0.4) is 0 Å². The summed E-state index contributed by atoms with van der Waals surface area (Å²) in [6.45, 7) is -0.143. The van der Waals surface area contributed by atoms with Gasteiger partial charge in [0.25, 0.3) is 5.91 Å². The zero-order valence-corrected chi connectivity index (χ0v) is 18.4. The topological polar surface area (TPSA) is 135 Å². The fourth-order valence-electron chi connectivity index (χ4n) is 2.55. The molecule has 0 unspecified atom stereocenters. The van der Waals surface area contributed by atoms with Gasteiger partial charge in [0.15, 0.2) is 15.0 Å². The van der Waals surface area contributed by atoms with Crippen molar-refractivity contribution < 1.29 is 27.9 Å². The van der Waals surface area contributed by atoms with Crippen molar-refractivity contribution in [3.63, 3.8) is 0 Å². The van der Waals surface area contributed by atoms with E-state index in [2.05, 4.69) is 15.6 Å². The van der Waals surface area contributed by atoms with Crippen LogP contribution < -0.4 is 10.6 Å². The second kappa shape index (κ2) is 10.2. The Morgan fingerprint density at radius 3 is 2.68 bits per heavy atom. The highest BCUT2D eigenvalue weighted by Gasteiger charge is 2.18. The largest absolute Gasteiger partial charge is 0.394 e. The minimum atomic E-state index is -3.58. The van der Waals surface area contributed by atoms with Crippen LogP contribution in [0.1, 0.15) is 10.4 Å². The molecule has 31 heavy (non-hydrogen) atoms. The number of thiazole rings is 1. The molecule has 164 valence electrons. The molecule has 3 aromatic rings. The summed E-state index contributed by atoms with van der Waals surface area (Å²) in [4.78, 5) is 28.6. The first kappa shape index (κ1) is 23.1. The Bertz CT molecular complexity index is 1210.